The number of fused-ring (bicyclic) bond motifs is 1. The number of methoxy groups -OCH3 is 1. The first kappa shape index (κ1) is 19.2. The highest BCUT2D eigenvalue weighted by molar-refractivity contribution is 6.30. The van der Waals surface area contributed by atoms with E-state index < -0.39 is 0 Å². The lowest BCUT2D eigenvalue weighted by molar-refractivity contribution is 0.273. The summed E-state index contributed by atoms with van der Waals surface area (Å²) < 4.78 is 22.6. The zero-order valence-corrected chi connectivity index (χ0v) is 17.3. The first-order chi connectivity index (χ1) is 15.2. The van der Waals surface area contributed by atoms with Crippen molar-refractivity contribution in [3.8, 4) is 34.5 Å². The summed E-state index contributed by atoms with van der Waals surface area (Å²) in [6.45, 7) is 0.275. The van der Waals surface area contributed by atoms with Gasteiger partial charge in [-0.25, -0.2) is 0 Å². The molecule has 0 atom stereocenters. The van der Waals surface area contributed by atoms with E-state index in [9.17, 15) is 0 Å². The van der Waals surface area contributed by atoms with Gasteiger partial charge in [-0.15, -0.1) is 0 Å². The summed E-state index contributed by atoms with van der Waals surface area (Å²) in [6.07, 6.45) is 0. The molecule has 2 heterocycles. The molecule has 0 saturated heterocycles. The van der Waals surface area contributed by atoms with Crippen molar-refractivity contribution in [2.75, 3.05) is 7.11 Å². The van der Waals surface area contributed by atoms with Crippen LogP contribution in [0, 0.1) is 0 Å². The Balaban J connectivity index is 1.35. The van der Waals surface area contributed by atoms with Gasteiger partial charge in [0, 0.05) is 10.4 Å². The molecule has 0 amide bonds. The van der Waals surface area contributed by atoms with Gasteiger partial charge < -0.3 is 18.4 Å². The molecule has 0 aliphatic heterocycles. The molecule has 154 valence electrons. The van der Waals surface area contributed by atoms with E-state index in [1.165, 1.54) is 0 Å². The van der Waals surface area contributed by atoms with Crippen molar-refractivity contribution in [2.45, 2.75) is 6.61 Å². The number of aromatic nitrogens is 2. The number of benzene rings is 3. The van der Waals surface area contributed by atoms with Crippen molar-refractivity contribution in [2.24, 2.45) is 0 Å². The van der Waals surface area contributed by atoms with Crippen molar-refractivity contribution in [3.05, 3.63) is 83.6 Å². The Hall–Kier alpha value is -3.77. The monoisotopic (exact) mass is 432 g/mol. The number of nitrogens with zero attached hydrogens (tertiary/aromatic N) is 2. The number of ether oxygens (including phenoxy) is 2. The van der Waals surface area contributed by atoms with Gasteiger partial charge in [-0.3, -0.25) is 0 Å². The molecule has 31 heavy (non-hydrogen) atoms. The van der Waals surface area contributed by atoms with E-state index in [-0.39, 0.29) is 12.5 Å². The van der Waals surface area contributed by atoms with Crippen LogP contribution in [0.15, 0.2) is 81.7 Å². The first-order valence-electron chi connectivity index (χ1n) is 9.58. The quantitative estimate of drug-likeness (QED) is 0.309. The Bertz CT molecular complexity index is 1350. The number of furan rings is 1. The maximum Gasteiger partial charge on any atom is 0.293 e. The lowest BCUT2D eigenvalue weighted by Gasteiger charge is -2.07. The average molecular weight is 433 g/mol. The highest BCUT2D eigenvalue weighted by atomic mass is 35.5. The van der Waals surface area contributed by atoms with Crippen LogP contribution in [0.2, 0.25) is 5.02 Å². The second kappa shape index (κ2) is 8.16. The summed E-state index contributed by atoms with van der Waals surface area (Å²) in [5.74, 6) is 3.11. The van der Waals surface area contributed by atoms with Gasteiger partial charge in [-0.05, 0) is 41.8 Å². The minimum Gasteiger partial charge on any atom is -0.496 e. The average Bonchev–Trinajstić information content (AvgIpc) is 3.47. The third-order valence-electron chi connectivity index (χ3n) is 4.82. The van der Waals surface area contributed by atoms with Crippen LogP contribution in [0.3, 0.4) is 0 Å². The number of hydrogen-bond acceptors (Lipinski definition) is 6. The Morgan fingerprint density at radius 3 is 2.71 bits per heavy atom. The third-order valence-corrected chi connectivity index (χ3v) is 5.06. The van der Waals surface area contributed by atoms with E-state index >= 15 is 0 Å². The zero-order valence-electron chi connectivity index (χ0n) is 16.5. The normalized spacial score (nSPS) is 11.0. The van der Waals surface area contributed by atoms with E-state index in [0.29, 0.717) is 33.7 Å². The second-order valence-corrected chi connectivity index (χ2v) is 7.24. The van der Waals surface area contributed by atoms with Crippen molar-refractivity contribution < 1.29 is 18.4 Å². The summed E-state index contributed by atoms with van der Waals surface area (Å²) in [6, 6.07) is 22.8. The van der Waals surface area contributed by atoms with Crippen LogP contribution in [0.25, 0.3) is 33.8 Å². The molecule has 0 radical (unpaired) electrons. The molecule has 0 spiro atoms. The molecular formula is C24H17ClN2O4. The topological polar surface area (TPSA) is 70.5 Å². The summed E-state index contributed by atoms with van der Waals surface area (Å²) in [5, 5.41) is 6.75. The predicted molar refractivity (Wildman–Crippen MR) is 117 cm³/mol. The largest absolute Gasteiger partial charge is 0.496 e. The molecule has 0 saturated carbocycles. The maximum atomic E-state index is 6.10. The van der Waals surface area contributed by atoms with Crippen LogP contribution < -0.4 is 9.47 Å². The molecule has 0 aliphatic carbocycles. The van der Waals surface area contributed by atoms with Gasteiger partial charge in [-0.1, -0.05) is 53.2 Å². The minimum atomic E-state index is 0.258. The molecule has 0 bridgehead atoms. The Morgan fingerprint density at radius 2 is 1.81 bits per heavy atom. The van der Waals surface area contributed by atoms with Crippen LogP contribution in [-0.2, 0) is 6.61 Å². The molecule has 2 aromatic heterocycles. The summed E-state index contributed by atoms with van der Waals surface area (Å²) in [4.78, 5) is 4.42. The van der Waals surface area contributed by atoms with Gasteiger partial charge in [-0.2, -0.15) is 4.98 Å². The van der Waals surface area contributed by atoms with Crippen LogP contribution in [0.1, 0.15) is 5.76 Å². The Kier molecular flexibility index (Phi) is 5.06. The van der Waals surface area contributed by atoms with Crippen LogP contribution in [0.4, 0.5) is 0 Å². The fourth-order valence-corrected chi connectivity index (χ4v) is 3.50. The summed E-state index contributed by atoms with van der Waals surface area (Å²) in [7, 11) is 1.57. The standard InChI is InChI=1S/C24H17ClN2O4/c1-28-20-11-9-16(25)13-19(20)23-26-24(31-27-23)22-12-10-17(30-22)14-29-21-8-4-6-15-5-2-3-7-18(15)21/h2-13H,14H2,1H3. The predicted octanol–water partition coefficient (Wildman–Crippen LogP) is 6.39. The van der Waals surface area contributed by atoms with E-state index in [1.54, 1.807) is 31.4 Å². The molecule has 6 nitrogen and oxygen atoms in total. The summed E-state index contributed by atoms with van der Waals surface area (Å²) in [5.41, 5.74) is 0.635. The first-order valence-corrected chi connectivity index (χ1v) is 9.96. The molecule has 0 aliphatic rings. The van der Waals surface area contributed by atoms with Crippen LogP contribution >= 0.6 is 11.6 Å². The van der Waals surface area contributed by atoms with Gasteiger partial charge in [0.15, 0.2) is 5.76 Å². The Morgan fingerprint density at radius 1 is 0.935 bits per heavy atom. The number of hydrogen-bond donors (Lipinski definition) is 0. The highest BCUT2D eigenvalue weighted by Gasteiger charge is 2.17. The number of halogens is 1. The fraction of sp³-hybridized carbons (Fsp3) is 0.0833. The van der Waals surface area contributed by atoms with Gasteiger partial charge in [0.25, 0.3) is 5.89 Å². The molecule has 3 aromatic carbocycles. The van der Waals surface area contributed by atoms with E-state index in [1.807, 2.05) is 36.4 Å². The molecule has 5 aromatic rings. The molecule has 0 unspecified atom stereocenters. The number of rotatable bonds is 6. The van der Waals surface area contributed by atoms with Crippen LogP contribution in [-0.4, -0.2) is 17.3 Å². The van der Waals surface area contributed by atoms with Gasteiger partial charge in [0.2, 0.25) is 5.82 Å². The Labute approximate surface area is 183 Å². The molecule has 0 N–H and O–H groups in total. The van der Waals surface area contributed by atoms with Crippen molar-refractivity contribution in [1.29, 1.82) is 0 Å². The molecule has 7 heteroatoms. The minimum absolute atomic E-state index is 0.258. The lowest BCUT2D eigenvalue weighted by Crippen LogP contribution is -1.94. The van der Waals surface area contributed by atoms with Crippen LogP contribution in [0.5, 0.6) is 11.5 Å². The lowest BCUT2D eigenvalue weighted by atomic mass is 10.1. The van der Waals surface area contributed by atoms with E-state index in [2.05, 4.69) is 22.3 Å². The smallest absolute Gasteiger partial charge is 0.293 e. The van der Waals surface area contributed by atoms with Gasteiger partial charge >= 0.3 is 0 Å². The SMILES string of the molecule is COc1ccc(Cl)cc1-c1noc(-c2ccc(COc3cccc4ccccc34)o2)n1. The van der Waals surface area contributed by atoms with Gasteiger partial charge in [0.1, 0.15) is 23.9 Å². The van der Waals surface area contributed by atoms with Gasteiger partial charge in [0.05, 0.1) is 12.7 Å². The highest BCUT2D eigenvalue weighted by Crippen LogP contribution is 2.32. The van der Waals surface area contributed by atoms with Crippen molar-refractivity contribution in [1.82, 2.24) is 10.1 Å². The molecular weight excluding hydrogens is 416 g/mol. The van der Waals surface area contributed by atoms with Crippen molar-refractivity contribution in [3.63, 3.8) is 0 Å². The van der Waals surface area contributed by atoms with E-state index in [4.69, 9.17) is 30.0 Å². The third kappa shape index (κ3) is 3.85. The van der Waals surface area contributed by atoms with Crippen molar-refractivity contribution >= 4 is 22.4 Å². The maximum absolute atomic E-state index is 6.10. The molecule has 5 rings (SSSR count). The van der Waals surface area contributed by atoms with E-state index in [0.717, 1.165) is 16.5 Å². The second-order valence-electron chi connectivity index (χ2n) is 6.80. The zero-order chi connectivity index (χ0) is 21.2. The molecule has 0 fully saturated rings. The summed E-state index contributed by atoms with van der Waals surface area (Å²) >= 11 is 6.10. The fourth-order valence-electron chi connectivity index (χ4n) is 3.33.